The number of allylic oxidation sites excluding steroid dienone is 2. The van der Waals surface area contributed by atoms with Crippen LogP contribution in [-0.4, -0.2) is 19.0 Å². The number of halogens is 1. The molecular weight excluding hydrogens is 255 g/mol. The Morgan fingerprint density at radius 1 is 1.10 bits per heavy atom. The van der Waals surface area contributed by atoms with Gasteiger partial charge in [-0.1, -0.05) is 24.3 Å². The molecule has 1 unspecified atom stereocenters. The van der Waals surface area contributed by atoms with E-state index in [0.29, 0.717) is 19.6 Å². The molecule has 2 fully saturated rings. The molecule has 2 spiro atoms. The van der Waals surface area contributed by atoms with Gasteiger partial charge in [-0.15, -0.1) is 0 Å². The Bertz CT molecular complexity index is 560. The molecule has 3 aliphatic rings. The zero-order valence-electron chi connectivity index (χ0n) is 11.5. The van der Waals surface area contributed by atoms with Crippen LogP contribution in [0.3, 0.4) is 0 Å². The normalized spacial score (nSPS) is 30.9. The van der Waals surface area contributed by atoms with E-state index in [1.54, 1.807) is 6.07 Å². The van der Waals surface area contributed by atoms with Crippen molar-refractivity contribution in [2.24, 2.45) is 0 Å². The van der Waals surface area contributed by atoms with Crippen LogP contribution in [0.1, 0.15) is 36.8 Å². The van der Waals surface area contributed by atoms with Crippen LogP contribution in [-0.2, 0) is 21.3 Å². The Balaban J connectivity index is 1.79. The van der Waals surface area contributed by atoms with E-state index < -0.39 is 5.79 Å². The van der Waals surface area contributed by atoms with Gasteiger partial charge in [0.05, 0.1) is 13.2 Å². The van der Waals surface area contributed by atoms with Gasteiger partial charge in [0.1, 0.15) is 5.82 Å². The molecular formula is C17H19FO2. The number of benzene rings is 1. The number of fused-ring (bicyclic) bond motifs is 2. The molecule has 1 atom stereocenters. The lowest BCUT2D eigenvalue weighted by molar-refractivity contribution is -0.187. The number of hydrogen-bond acceptors (Lipinski definition) is 2. The average Bonchev–Trinajstić information content (AvgIpc) is 2.88. The van der Waals surface area contributed by atoms with E-state index in [2.05, 4.69) is 18.2 Å². The third-order valence-electron chi connectivity index (χ3n) is 4.99. The highest BCUT2D eigenvalue weighted by Gasteiger charge is 2.49. The van der Waals surface area contributed by atoms with Crippen molar-refractivity contribution in [2.45, 2.75) is 43.3 Å². The van der Waals surface area contributed by atoms with Gasteiger partial charge in [-0.05, 0) is 36.5 Å². The molecule has 3 heteroatoms. The fraction of sp³-hybridized carbons (Fsp3) is 0.529. The topological polar surface area (TPSA) is 18.5 Å². The van der Waals surface area contributed by atoms with E-state index in [9.17, 15) is 4.39 Å². The summed E-state index contributed by atoms with van der Waals surface area (Å²) >= 11 is 0. The molecule has 0 radical (unpaired) electrons. The summed E-state index contributed by atoms with van der Waals surface area (Å²) in [5, 5.41) is 0. The predicted molar refractivity (Wildman–Crippen MR) is 74.0 cm³/mol. The summed E-state index contributed by atoms with van der Waals surface area (Å²) in [6.07, 6.45) is 8.94. The molecule has 1 aromatic rings. The molecule has 0 N–H and O–H groups in total. The van der Waals surface area contributed by atoms with Crippen molar-refractivity contribution in [3.05, 3.63) is 47.3 Å². The zero-order valence-corrected chi connectivity index (χ0v) is 11.5. The van der Waals surface area contributed by atoms with Crippen LogP contribution in [0, 0.1) is 5.82 Å². The van der Waals surface area contributed by atoms with Crippen LogP contribution >= 0.6 is 0 Å². The minimum atomic E-state index is -0.441. The predicted octanol–water partition coefficient (Wildman–Crippen LogP) is 3.49. The molecule has 0 bridgehead atoms. The van der Waals surface area contributed by atoms with Gasteiger partial charge in [-0.25, -0.2) is 4.39 Å². The van der Waals surface area contributed by atoms with Crippen LogP contribution in [0.4, 0.5) is 4.39 Å². The third-order valence-corrected chi connectivity index (χ3v) is 4.99. The van der Waals surface area contributed by atoms with Crippen molar-refractivity contribution in [3.63, 3.8) is 0 Å². The van der Waals surface area contributed by atoms with Gasteiger partial charge >= 0.3 is 0 Å². The zero-order chi connectivity index (χ0) is 13.6. The number of ether oxygens (including phenoxy) is 2. The smallest absolute Gasteiger partial charge is 0.169 e. The molecule has 1 saturated heterocycles. The van der Waals surface area contributed by atoms with Crippen molar-refractivity contribution in [2.75, 3.05) is 13.2 Å². The lowest BCUT2D eigenvalue weighted by Crippen LogP contribution is -2.45. The second-order valence-electron chi connectivity index (χ2n) is 6.17. The molecule has 20 heavy (non-hydrogen) atoms. The monoisotopic (exact) mass is 274 g/mol. The minimum absolute atomic E-state index is 0.0842. The summed E-state index contributed by atoms with van der Waals surface area (Å²) in [5.41, 5.74) is 1.88. The molecule has 2 aliphatic carbocycles. The Kier molecular flexibility index (Phi) is 2.76. The van der Waals surface area contributed by atoms with E-state index in [4.69, 9.17) is 9.47 Å². The summed E-state index contributed by atoms with van der Waals surface area (Å²) in [4.78, 5) is 0. The first kappa shape index (κ1) is 12.5. The summed E-state index contributed by atoms with van der Waals surface area (Å²) in [6, 6.07) is 5.47. The highest BCUT2D eigenvalue weighted by atomic mass is 19.1. The van der Waals surface area contributed by atoms with Crippen LogP contribution in [0.15, 0.2) is 30.4 Å². The maximum atomic E-state index is 14.1. The Hall–Kier alpha value is -1.19. The number of hydrogen-bond donors (Lipinski definition) is 0. The summed E-state index contributed by atoms with van der Waals surface area (Å²) in [7, 11) is 0. The van der Waals surface area contributed by atoms with Crippen molar-refractivity contribution in [3.8, 4) is 0 Å². The molecule has 1 saturated carbocycles. The van der Waals surface area contributed by atoms with Crippen LogP contribution in [0.2, 0.25) is 0 Å². The summed E-state index contributed by atoms with van der Waals surface area (Å²) < 4.78 is 25.9. The van der Waals surface area contributed by atoms with Crippen LogP contribution < -0.4 is 0 Å². The van der Waals surface area contributed by atoms with Gasteiger partial charge in [0, 0.05) is 18.3 Å². The Morgan fingerprint density at radius 2 is 1.95 bits per heavy atom. The molecule has 1 heterocycles. The summed E-state index contributed by atoms with van der Waals surface area (Å²) in [5.74, 6) is -0.525. The lowest BCUT2D eigenvalue weighted by atomic mass is 9.64. The van der Waals surface area contributed by atoms with Crippen molar-refractivity contribution in [1.29, 1.82) is 0 Å². The fourth-order valence-electron chi connectivity index (χ4n) is 4.17. The molecule has 4 rings (SSSR count). The Labute approximate surface area is 118 Å². The molecule has 1 aromatic carbocycles. The van der Waals surface area contributed by atoms with Gasteiger partial charge in [0.2, 0.25) is 0 Å². The fourth-order valence-corrected chi connectivity index (χ4v) is 4.17. The number of rotatable bonds is 0. The maximum absolute atomic E-state index is 14.1. The lowest BCUT2D eigenvalue weighted by Gasteiger charge is -2.45. The van der Waals surface area contributed by atoms with E-state index in [0.717, 1.165) is 36.8 Å². The molecule has 0 amide bonds. The average molecular weight is 274 g/mol. The standard InChI is InChI=1S/C17H19FO2/c18-15-6-1-5-14-13(15)4-2-7-16(14)8-3-9-17(12-16)19-10-11-20-17/h1-2,5-7H,3-4,8-12H2. The van der Waals surface area contributed by atoms with Gasteiger partial charge in [-0.3, -0.25) is 0 Å². The maximum Gasteiger partial charge on any atom is 0.169 e. The van der Waals surface area contributed by atoms with E-state index in [1.165, 1.54) is 0 Å². The third kappa shape index (κ3) is 1.76. The van der Waals surface area contributed by atoms with E-state index in [-0.39, 0.29) is 11.2 Å². The minimum Gasteiger partial charge on any atom is -0.347 e. The van der Waals surface area contributed by atoms with Crippen LogP contribution in [0.25, 0.3) is 0 Å². The second-order valence-corrected chi connectivity index (χ2v) is 6.17. The van der Waals surface area contributed by atoms with Crippen molar-refractivity contribution >= 4 is 0 Å². The first-order valence-electron chi connectivity index (χ1n) is 7.47. The molecule has 106 valence electrons. The Morgan fingerprint density at radius 3 is 2.80 bits per heavy atom. The largest absolute Gasteiger partial charge is 0.347 e. The van der Waals surface area contributed by atoms with Gasteiger partial charge in [-0.2, -0.15) is 0 Å². The highest BCUT2D eigenvalue weighted by Crippen LogP contribution is 2.50. The second kappa shape index (κ2) is 4.40. The van der Waals surface area contributed by atoms with E-state index in [1.807, 2.05) is 6.07 Å². The van der Waals surface area contributed by atoms with Gasteiger partial charge in [0.25, 0.3) is 0 Å². The quantitative estimate of drug-likeness (QED) is 0.674. The van der Waals surface area contributed by atoms with Gasteiger partial charge in [0.15, 0.2) is 5.79 Å². The molecule has 0 aromatic heterocycles. The first-order valence-corrected chi connectivity index (χ1v) is 7.47. The van der Waals surface area contributed by atoms with Crippen molar-refractivity contribution in [1.82, 2.24) is 0 Å². The van der Waals surface area contributed by atoms with E-state index >= 15 is 0 Å². The summed E-state index contributed by atoms with van der Waals surface area (Å²) in [6.45, 7) is 1.35. The van der Waals surface area contributed by atoms with Crippen molar-refractivity contribution < 1.29 is 13.9 Å². The highest BCUT2D eigenvalue weighted by molar-refractivity contribution is 5.44. The molecule has 1 aliphatic heterocycles. The van der Waals surface area contributed by atoms with Gasteiger partial charge < -0.3 is 9.47 Å². The SMILES string of the molecule is Fc1cccc2c1CC=CC21CCCC2(C1)OCCO2. The molecule has 2 nitrogen and oxygen atoms in total. The van der Waals surface area contributed by atoms with Crippen LogP contribution in [0.5, 0.6) is 0 Å². The first-order chi connectivity index (χ1) is 9.73.